The van der Waals surface area contributed by atoms with Gasteiger partial charge in [-0.3, -0.25) is 0 Å². The zero-order valence-corrected chi connectivity index (χ0v) is 8.95. The molecule has 0 aromatic rings. The number of carbonyl (C=O) groups is 1. The molecule has 0 bridgehead atoms. The average Bonchev–Trinajstić information content (AvgIpc) is 2.86. The normalized spacial score (nSPS) is 39.6. The second kappa shape index (κ2) is 3.67. The summed E-state index contributed by atoms with van der Waals surface area (Å²) in [6.07, 6.45) is 4.73. The van der Waals surface area contributed by atoms with Crippen molar-refractivity contribution in [1.82, 2.24) is 10.2 Å². The van der Waals surface area contributed by atoms with Gasteiger partial charge in [0.15, 0.2) is 0 Å². The molecule has 2 saturated heterocycles. The van der Waals surface area contributed by atoms with Gasteiger partial charge in [-0.2, -0.15) is 0 Å². The van der Waals surface area contributed by atoms with Crippen LogP contribution in [0.1, 0.15) is 25.7 Å². The topological polar surface area (TPSA) is 41.6 Å². The molecule has 0 aromatic heterocycles. The summed E-state index contributed by atoms with van der Waals surface area (Å²) in [5.74, 6) is 0.636. The van der Waals surface area contributed by atoms with Crippen molar-refractivity contribution in [2.45, 2.75) is 37.8 Å². The SMILES string of the molecule is O=C1OC2CCCC2N1CC1CCNC1. The number of fused-ring (bicyclic) bond motifs is 1. The molecule has 1 amide bonds. The van der Waals surface area contributed by atoms with E-state index in [1.165, 1.54) is 12.8 Å². The third kappa shape index (κ3) is 1.61. The van der Waals surface area contributed by atoms with E-state index in [0.717, 1.165) is 32.5 Å². The highest BCUT2D eigenvalue weighted by atomic mass is 16.6. The fraction of sp³-hybridized carbons (Fsp3) is 0.909. The lowest BCUT2D eigenvalue weighted by Crippen LogP contribution is -2.38. The first-order chi connectivity index (χ1) is 7.34. The summed E-state index contributed by atoms with van der Waals surface area (Å²) < 4.78 is 5.37. The fourth-order valence-electron chi connectivity index (χ4n) is 3.09. The molecule has 3 unspecified atom stereocenters. The van der Waals surface area contributed by atoms with E-state index in [0.29, 0.717) is 12.0 Å². The Morgan fingerprint density at radius 3 is 3.13 bits per heavy atom. The predicted octanol–water partition coefficient (Wildman–Crippen LogP) is 0.969. The van der Waals surface area contributed by atoms with Gasteiger partial charge in [-0.1, -0.05) is 0 Å². The van der Waals surface area contributed by atoms with E-state index in [2.05, 4.69) is 5.32 Å². The highest BCUT2D eigenvalue weighted by Gasteiger charge is 2.44. The van der Waals surface area contributed by atoms with Gasteiger partial charge >= 0.3 is 6.09 Å². The summed E-state index contributed by atoms with van der Waals surface area (Å²) in [4.78, 5) is 13.6. The molecule has 3 aliphatic rings. The Hall–Kier alpha value is -0.770. The van der Waals surface area contributed by atoms with E-state index in [-0.39, 0.29) is 12.2 Å². The molecule has 0 radical (unpaired) electrons. The van der Waals surface area contributed by atoms with Crippen molar-refractivity contribution in [3.05, 3.63) is 0 Å². The lowest BCUT2D eigenvalue weighted by atomic mass is 10.1. The van der Waals surface area contributed by atoms with Gasteiger partial charge in [0.2, 0.25) is 0 Å². The number of hydrogen-bond acceptors (Lipinski definition) is 3. The molecule has 4 nitrogen and oxygen atoms in total. The van der Waals surface area contributed by atoms with Crippen molar-refractivity contribution < 1.29 is 9.53 Å². The van der Waals surface area contributed by atoms with Gasteiger partial charge in [0.05, 0.1) is 6.04 Å². The largest absolute Gasteiger partial charge is 0.444 e. The molecule has 3 atom stereocenters. The van der Waals surface area contributed by atoms with E-state index in [1.54, 1.807) is 0 Å². The number of carbonyl (C=O) groups excluding carboxylic acids is 1. The first-order valence-electron chi connectivity index (χ1n) is 6.02. The number of nitrogens with one attached hydrogen (secondary N) is 1. The van der Waals surface area contributed by atoms with Crippen molar-refractivity contribution in [2.24, 2.45) is 5.92 Å². The third-order valence-corrected chi connectivity index (χ3v) is 3.92. The second-order valence-corrected chi connectivity index (χ2v) is 4.93. The molecule has 3 fully saturated rings. The van der Waals surface area contributed by atoms with Gasteiger partial charge in [-0.25, -0.2) is 4.79 Å². The first kappa shape index (κ1) is 9.46. The molecule has 84 valence electrons. The van der Waals surface area contributed by atoms with Gasteiger partial charge in [0.1, 0.15) is 6.10 Å². The molecular weight excluding hydrogens is 192 g/mol. The number of amides is 1. The van der Waals surface area contributed by atoms with Crippen LogP contribution in [-0.2, 0) is 4.74 Å². The fourth-order valence-corrected chi connectivity index (χ4v) is 3.09. The highest BCUT2D eigenvalue weighted by molar-refractivity contribution is 5.71. The Morgan fingerprint density at radius 2 is 2.33 bits per heavy atom. The number of nitrogens with zero attached hydrogens (tertiary/aromatic N) is 1. The maximum Gasteiger partial charge on any atom is 0.410 e. The second-order valence-electron chi connectivity index (χ2n) is 4.93. The van der Waals surface area contributed by atoms with Crippen LogP contribution in [0.25, 0.3) is 0 Å². The first-order valence-corrected chi connectivity index (χ1v) is 6.02. The molecule has 1 saturated carbocycles. The van der Waals surface area contributed by atoms with Crippen LogP contribution in [0.2, 0.25) is 0 Å². The van der Waals surface area contributed by atoms with Crippen molar-refractivity contribution >= 4 is 6.09 Å². The Balaban J connectivity index is 1.65. The molecule has 15 heavy (non-hydrogen) atoms. The highest BCUT2D eigenvalue weighted by Crippen LogP contribution is 2.33. The Kier molecular flexibility index (Phi) is 2.31. The molecule has 3 rings (SSSR count). The van der Waals surface area contributed by atoms with Crippen molar-refractivity contribution in [1.29, 1.82) is 0 Å². The van der Waals surface area contributed by atoms with Gasteiger partial charge < -0.3 is 15.0 Å². The van der Waals surface area contributed by atoms with Crippen molar-refractivity contribution in [3.8, 4) is 0 Å². The van der Waals surface area contributed by atoms with Crippen molar-refractivity contribution in [3.63, 3.8) is 0 Å². The van der Waals surface area contributed by atoms with Crippen LogP contribution >= 0.6 is 0 Å². The molecule has 1 N–H and O–H groups in total. The van der Waals surface area contributed by atoms with Gasteiger partial charge in [-0.15, -0.1) is 0 Å². The monoisotopic (exact) mass is 210 g/mol. The summed E-state index contributed by atoms with van der Waals surface area (Å²) in [6.45, 7) is 3.05. The van der Waals surface area contributed by atoms with E-state index in [9.17, 15) is 4.79 Å². The van der Waals surface area contributed by atoms with Crippen LogP contribution in [0.15, 0.2) is 0 Å². The van der Waals surface area contributed by atoms with Crippen LogP contribution < -0.4 is 5.32 Å². The zero-order chi connectivity index (χ0) is 10.3. The quantitative estimate of drug-likeness (QED) is 0.738. The summed E-state index contributed by atoms with van der Waals surface area (Å²) in [7, 11) is 0. The van der Waals surface area contributed by atoms with Gasteiger partial charge in [0.25, 0.3) is 0 Å². The molecular formula is C11H18N2O2. The minimum atomic E-state index is -0.0726. The number of hydrogen-bond donors (Lipinski definition) is 1. The standard InChI is InChI=1S/C11H18N2O2/c14-11-13(7-8-4-5-12-6-8)9-2-1-3-10(9)15-11/h8-10,12H,1-7H2. The van der Waals surface area contributed by atoms with E-state index in [1.807, 2.05) is 4.90 Å². The molecule has 2 aliphatic heterocycles. The average molecular weight is 210 g/mol. The molecule has 0 spiro atoms. The van der Waals surface area contributed by atoms with Gasteiger partial charge in [0, 0.05) is 6.54 Å². The summed E-state index contributed by atoms with van der Waals surface area (Å²) in [5.41, 5.74) is 0. The number of ether oxygens (including phenoxy) is 1. The third-order valence-electron chi connectivity index (χ3n) is 3.92. The predicted molar refractivity (Wildman–Crippen MR) is 55.6 cm³/mol. The van der Waals surface area contributed by atoms with Crippen LogP contribution in [0.5, 0.6) is 0 Å². The Labute approximate surface area is 90.0 Å². The maximum atomic E-state index is 11.7. The van der Waals surface area contributed by atoms with Crippen LogP contribution in [0, 0.1) is 5.92 Å². The molecule has 2 heterocycles. The van der Waals surface area contributed by atoms with E-state index >= 15 is 0 Å². The lowest BCUT2D eigenvalue weighted by Gasteiger charge is -2.23. The number of rotatable bonds is 2. The van der Waals surface area contributed by atoms with E-state index in [4.69, 9.17) is 4.74 Å². The van der Waals surface area contributed by atoms with Crippen molar-refractivity contribution in [2.75, 3.05) is 19.6 Å². The summed E-state index contributed by atoms with van der Waals surface area (Å²) in [6, 6.07) is 0.387. The maximum absolute atomic E-state index is 11.7. The minimum Gasteiger partial charge on any atom is -0.444 e. The smallest absolute Gasteiger partial charge is 0.410 e. The lowest BCUT2D eigenvalue weighted by molar-refractivity contribution is 0.129. The molecule has 4 heteroatoms. The van der Waals surface area contributed by atoms with E-state index < -0.39 is 0 Å². The Morgan fingerprint density at radius 1 is 1.40 bits per heavy atom. The zero-order valence-electron chi connectivity index (χ0n) is 8.95. The molecule has 0 aromatic carbocycles. The van der Waals surface area contributed by atoms with Crippen LogP contribution in [-0.4, -0.2) is 42.8 Å². The summed E-state index contributed by atoms with van der Waals surface area (Å²) in [5, 5.41) is 3.34. The van der Waals surface area contributed by atoms with Gasteiger partial charge in [-0.05, 0) is 44.7 Å². The van der Waals surface area contributed by atoms with Crippen LogP contribution in [0.4, 0.5) is 4.79 Å². The summed E-state index contributed by atoms with van der Waals surface area (Å²) >= 11 is 0. The van der Waals surface area contributed by atoms with Crippen LogP contribution in [0.3, 0.4) is 0 Å². The molecule has 1 aliphatic carbocycles. The Bertz CT molecular complexity index is 263. The minimum absolute atomic E-state index is 0.0726.